The van der Waals surface area contributed by atoms with Crippen LogP contribution in [-0.2, 0) is 6.54 Å². The standard InChI is InChI=1S/C16H21NO/c1-12(2)8-10-17-11-9-14-15(17)6-5-7-16(14)18-13(3)4/h5-7,9,11,13H,1,8,10H2,2-4H3. The smallest absolute Gasteiger partial charge is 0.129 e. The number of hydrogen-bond acceptors (Lipinski definition) is 1. The first-order valence-corrected chi connectivity index (χ1v) is 6.47. The van der Waals surface area contributed by atoms with E-state index in [1.165, 1.54) is 16.5 Å². The number of benzene rings is 1. The number of ether oxygens (including phenoxy) is 1. The molecule has 2 heteroatoms. The zero-order chi connectivity index (χ0) is 13.1. The maximum absolute atomic E-state index is 5.84. The fraction of sp³-hybridized carbons (Fsp3) is 0.375. The molecule has 1 aromatic carbocycles. The van der Waals surface area contributed by atoms with Crippen LogP contribution in [-0.4, -0.2) is 10.7 Å². The van der Waals surface area contributed by atoms with Gasteiger partial charge < -0.3 is 9.30 Å². The Balaban J connectivity index is 2.32. The first-order chi connectivity index (χ1) is 8.58. The highest BCUT2D eigenvalue weighted by atomic mass is 16.5. The van der Waals surface area contributed by atoms with Crippen molar-refractivity contribution in [3.05, 3.63) is 42.6 Å². The van der Waals surface area contributed by atoms with E-state index in [9.17, 15) is 0 Å². The van der Waals surface area contributed by atoms with Crippen LogP contribution in [0.15, 0.2) is 42.6 Å². The van der Waals surface area contributed by atoms with Gasteiger partial charge in [-0.3, -0.25) is 0 Å². The lowest BCUT2D eigenvalue weighted by Gasteiger charge is -2.11. The van der Waals surface area contributed by atoms with Crippen LogP contribution in [0.25, 0.3) is 10.9 Å². The van der Waals surface area contributed by atoms with Gasteiger partial charge in [-0.25, -0.2) is 0 Å². The average Bonchev–Trinajstić information content (AvgIpc) is 2.70. The van der Waals surface area contributed by atoms with Crippen LogP contribution >= 0.6 is 0 Å². The van der Waals surface area contributed by atoms with Gasteiger partial charge >= 0.3 is 0 Å². The molecule has 0 fully saturated rings. The van der Waals surface area contributed by atoms with E-state index in [-0.39, 0.29) is 6.10 Å². The Morgan fingerprint density at radius 1 is 1.33 bits per heavy atom. The monoisotopic (exact) mass is 243 g/mol. The number of rotatable bonds is 5. The molecular weight excluding hydrogens is 222 g/mol. The minimum Gasteiger partial charge on any atom is -0.490 e. The zero-order valence-corrected chi connectivity index (χ0v) is 11.4. The summed E-state index contributed by atoms with van der Waals surface area (Å²) in [6.07, 6.45) is 3.34. The highest BCUT2D eigenvalue weighted by molar-refractivity contribution is 5.86. The summed E-state index contributed by atoms with van der Waals surface area (Å²) in [5.74, 6) is 0.969. The van der Waals surface area contributed by atoms with Crippen LogP contribution in [0.5, 0.6) is 5.75 Å². The van der Waals surface area contributed by atoms with Gasteiger partial charge in [0.2, 0.25) is 0 Å². The maximum Gasteiger partial charge on any atom is 0.129 e. The van der Waals surface area contributed by atoms with Crippen LogP contribution in [0.3, 0.4) is 0 Å². The summed E-state index contributed by atoms with van der Waals surface area (Å²) in [6.45, 7) is 11.1. The van der Waals surface area contributed by atoms with E-state index in [4.69, 9.17) is 4.74 Å². The fourth-order valence-corrected chi connectivity index (χ4v) is 2.06. The molecule has 0 amide bonds. The molecule has 0 bridgehead atoms. The van der Waals surface area contributed by atoms with E-state index in [1.54, 1.807) is 0 Å². The van der Waals surface area contributed by atoms with E-state index in [1.807, 2.05) is 6.07 Å². The number of hydrogen-bond donors (Lipinski definition) is 0. The molecule has 0 spiro atoms. The Morgan fingerprint density at radius 2 is 2.11 bits per heavy atom. The summed E-state index contributed by atoms with van der Waals surface area (Å²) in [4.78, 5) is 0. The largest absolute Gasteiger partial charge is 0.490 e. The van der Waals surface area contributed by atoms with Crippen molar-refractivity contribution >= 4 is 10.9 Å². The molecule has 18 heavy (non-hydrogen) atoms. The molecule has 2 nitrogen and oxygen atoms in total. The molecule has 0 aliphatic heterocycles. The minimum absolute atomic E-state index is 0.203. The zero-order valence-electron chi connectivity index (χ0n) is 11.4. The van der Waals surface area contributed by atoms with Gasteiger partial charge in [0.15, 0.2) is 0 Å². The van der Waals surface area contributed by atoms with Gasteiger partial charge in [0.05, 0.1) is 11.6 Å². The third-order valence-electron chi connectivity index (χ3n) is 2.92. The maximum atomic E-state index is 5.84. The summed E-state index contributed by atoms with van der Waals surface area (Å²) in [6, 6.07) is 8.36. The molecule has 0 radical (unpaired) electrons. The number of nitrogens with zero attached hydrogens (tertiary/aromatic N) is 1. The molecule has 2 aromatic rings. The second kappa shape index (κ2) is 5.30. The SMILES string of the molecule is C=C(C)CCn1ccc2c(OC(C)C)cccc21. The fourth-order valence-electron chi connectivity index (χ4n) is 2.06. The van der Waals surface area contributed by atoms with E-state index in [2.05, 4.69) is 56.3 Å². The van der Waals surface area contributed by atoms with Gasteiger partial charge in [-0.1, -0.05) is 11.6 Å². The first-order valence-electron chi connectivity index (χ1n) is 6.47. The number of fused-ring (bicyclic) bond motifs is 1. The van der Waals surface area contributed by atoms with Crippen LogP contribution < -0.4 is 4.74 Å². The molecule has 0 unspecified atom stereocenters. The van der Waals surface area contributed by atoms with Crippen molar-refractivity contribution in [1.29, 1.82) is 0 Å². The lowest BCUT2D eigenvalue weighted by atomic mass is 10.2. The van der Waals surface area contributed by atoms with Gasteiger partial charge in [-0.15, -0.1) is 6.58 Å². The van der Waals surface area contributed by atoms with Crippen LogP contribution in [0.2, 0.25) is 0 Å². The Kier molecular flexibility index (Phi) is 3.75. The van der Waals surface area contributed by atoms with Crippen molar-refractivity contribution in [3.63, 3.8) is 0 Å². The van der Waals surface area contributed by atoms with Crippen molar-refractivity contribution in [2.24, 2.45) is 0 Å². The summed E-state index contributed by atoms with van der Waals surface area (Å²) in [5, 5.41) is 1.19. The lowest BCUT2D eigenvalue weighted by Crippen LogP contribution is -2.05. The normalized spacial score (nSPS) is 11.1. The van der Waals surface area contributed by atoms with Gasteiger partial charge in [0.1, 0.15) is 5.75 Å². The molecule has 96 valence electrons. The highest BCUT2D eigenvalue weighted by Gasteiger charge is 2.07. The highest BCUT2D eigenvalue weighted by Crippen LogP contribution is 2.27. The van der Waals surface area contributed by atoms with Crippen LogP contribution in [0, 0.1) is 0 Å². The van der Waals surface area contributed by atoms with Crippen molar-refractivity contribution in [2.75, 3.05) is 0 Å². The van der Waals surface area contributed by atoms with E-state index >= 15 is 0 Å². The molecule has 1 aromatic heterocycles. The molecule has 0 aliphatic carbocycles. The van der Waals surface area contributed by atoms with Crippen molar-refractivity contribution in [1.82, 2.24) is 4.57 Å². The molecule has 1 heterocycles. The van der Waals surface area contributed by atoms with Crippen LogP contribution in [0.1, 0.15) is 27.2 Å². The van der Waals surface area contributed by atoms with Gasteiger partial charge in [0, 0.05) is 18.1 Å². The minimum atomic E-state index is 0.203. The Hall–Kier alpha value is -1.70. The van der Waals surface area contributed by atoms with E-state index < -0.39 is 0 Å². The predicted octanol–water partition coefficient (Wildman–Crippen LogP) is 4.39. The van der Waals surface area contributed by atoms with Gasteiger partial charge in [0.25, 0.3) is 0 Å². The molecule has 0 aliphatic rings. The Morgan fingerprint density at radius 3 is 2.78 bits per heavy atom. The quantitative estimate of drug-likeness (QED) is 0.710. The second-order valence-electron chi connectivity index (χ2n) is 5.07. The summed E-state index contributed by atoms with van der Waals surface area (Å²) in [5.41, 5.74) is 2.45. The molecule has 0 saturated heterocycles. The molecular formula is C16H21NO. The van der Waals surface area contributed by atoms with Gasteiger partial charge in [-0.2, -0.15) is 0 Å². The topological polar surface area (TPSA) is 14.2 Å². The van der Waals surface area contributed by atoms with Crippen molar-refractivity contribution < 1.29 is 4.74 Å². The predicted molar refractivity (Wildman–Crippen MR) is 77.1 cm³/mol. The summed E-state index contributed by atoms with van der Waals surface area (Å²) < 4.78 is 8.10. The third-order valence-corrected chi connectivity index (χ3v) is 2.92. The Bertz CT molecular complexity index is 551. The average molecular weight is 243 g/mol. The second-order valence-corrected chi connectivity index (χ2v) is 5.07. The van der Waals surface area contributed by atoms with E-state index in [0.717, 1.165) is 18.7 Å². The number of aromatic nitrogens is 1. The number of allylic oxidation sites excluding steroid dienone is 1. The van der Waals surface area contributed by atoms with Crippen molar-refractivity contribution in [3.8, 4) is 5.75 Å². The number of aryl methyl sites for hydroxylation is 1. The molecule has 0 saturated carbocycles. The molecule has 0 atom stereocenters. The summed E-state index contributed by atoms with van der Waals surface area (Å²) >= 11 is 0. The third kappa shape index (κ3) is 2.76. The lowest BCUT2D eigenvalue weighted by molar-refractivity contribution is 0.245. The van der Waals surface area contributed by atoms with E-state index in [0.29, 0.717) is 0 Å². The molecule has 0 N–H and O–H groups in total. The molecule has 2 rings (SSSR count). The Labute approximate surface area is 109 Å². The van der Waals surface area contributed by atoms with Crippen LogP contribution in [0.4, 0.5) is 0 Å². The first kappa shape index (κ1) is 12.7. The summed E-state index contributed by atoms with van der Waals surface area (Å²) in [7, 11) is 0. The van der Waals surface area contributed by atoms with Crippen molar-refractivity contribution in [2.45, 2.75) is 39.8 Å². The van der Waals surface area contributed by atoms with Gasteiger partial charge in [-0.05, 0) is 45.4 Å².